The Morgan fingerprint density at radius 1 is 1.02 bits per heavy atom. The van der Waals surface area contributed by atoms with Crippen LogP contribution in [0.15, 0.2) is 55.1 Å². The normalized spacial score (nSPS) is 12.0. The van der Waals surface area contributed by atoms with Crippen LogP contribution in [-0.4, -0.2) is 61.5 Å². The molecule has 0 saturated heterocycles. The highest BCUT2D eigenvalue weighted by molar-refractivity contribution is 7.90. The van der Waals surface area contributed by atoms with Gasteiger partial charge in [0.1, 0.15) is 27.0 Å². The van der Waals surface area contributed by atoms with Gasteiger partial charge >= 0.3 is 0 Å². The SMILES string of the molecule is CC(C)C(=O)Nc1cncc(-c2ncc3[nH]nc(-c4nc5nccc(-c6cc(F)cc(CCS(C)(=O)=O)c6)c5[nH]4)c3c2F)c1. The van der Waals surface area contributed by atoms with Crippen molar-refractivity contribution in [2.75, 3.05) is 17.3 Å². The number of aromatic amines is 2. The summed E-state index contributed by atoms with van der Waals surface area (Å²) >= 11 is 0. The van der Waals surface area contributed by atoms with Gasteiger partial charge in [-0.1, -0.05) is 19.9 Å². The van der Waals surface area contributed by atoms with E-state index in [1.54, 1.807) is 32.0 Å². The largest absolute Gasteiger partial charge is 0.335 e. The minimum atomic E-state index is -3.24. The molecule has 0 atom stereocenters. The molecule has 14 heteroatoms. The number of hydrogen-bond acceptors (Lipinski definition) is 8. The average molecular weight is 617 g/mol. The number of aromatic nitrogens is 7. The van der Waals surface area contributed by atoms with Gasteiger partial charge in [0.15, 0.2) is 17.3 Å². The lowest BCUT2D eigenvalue weighted by Gasteiger charge is -2.09. The van der Waals surface area contributed by atoms with E-state index in [9.17, 15) is 17.6 Å². The fraction of sp³-hybridized carbons (Fsp3) is 0.200. The highest BCUT2D eigenvalue weighted by atomic mass is 32.2. The van der Waals surface area contributed by atoms with Gasteiger partial charge in [-0.15, -0.1) is 0 Å². The maximum atomic E-state index is 16.1. The number of carbonyl (C=O) groups is 1. The maximum absolute atomic E-state index is 16.1. The van der Waals surface area contributed by atoms with Crippen molar-refractivity contribution in [1.29, 1.82) is 0 Å². The molecule has 0 bridgehead atoms. The lowest BCUT2D eigenvalue weighted by molar-refractivity contribution is -0.118. The summed E-state index contributed by atoms with van der Waals surface area (Å²) in [5.74, 6) is -1.54. The molecule has 1 amide bonds. The van der Waals surface area contributed by atoms with Crippen LogP contribution in [0.3, 0.4) is 0 Å². The minimum absolute atomic E-state index is 0.00426. The van der Waals surface area contributed by atoms with Gasteiger partial charge in [-0.2, -0.15) is 5.10 Å². The lowest BCUT2D eigenvalue weighted by atomic mass is 10.0. The van der Waals surface area contributed by atoms with E-state index < -0.39 is 21.5 Å². The number of H-pyrrole nitrogens is 2. The summed E-state index contributed by atoms with van der Waals surface area (Å²) in [7, 11) is -3.24. The number of nitrogens with one attached hydrogen (secondary N) is 3. The van der Waals surface area contributed by atoms with Crippen LogP contribution < -0.4 is 5.32 Å². The van der Waals surface area contributed by atoms with Crippen molar-refractivity contribution in [3.05, 3.63) is 72.3 Å². The molecule has 5 aromatic heterocycles. The Labute approximate surface area is 250 Å². The molecule has 0 saturated carbocycles. The molecule has 11 nitrogen and oxygen atoms in total. The number of halogens is 2. The standard InChI is InChI=1S/C30H26F2N8O3S/c1-15(2)30(41)36-20-11-18(12-33-13-20)25-24(32)23-22(14-35-25)39-40-27(23)29-37-26-21(4-6-34-28(26)38-29)17-8-16(9-19(31)10-17)5-7-44(3,42)43/h4,6,8-15H,5,7H2,1-3H3,(H,36,41)(H,39,40)(H,34,37,38). The first-order valence-corrected chi connectivity index (χ1v) is 15.6. The zero-order valence-corrected chi connectivity index (χ0v) is 24.6. The second kappa shape index (κ2) is 11.2. The molecule has 0 aliphatic carbocycles. The number of carbonyl (C=O) groups excluding carboxylic acids is 1. The first kappa shape index (κ1) is 29.0. The van der Waals surface area contributed by atoms with Crippen molar-refractivity contribution in [2.45, 2.75) is 20.3 Å². The molecule has 44 heavy (non-hydrogen) atoms. The number of sulfone groups is 1. The van der Waals surface area contributed by atoms with E-state index in [2.05, 4.69) is 40.4 Å². The van der Waals surface area contributed by atoms with Crippen molar-refractivity contribution in [1.82, 2.24) is 35.1 Å². The Morgan fingerprint density at radius 2 is 1.84 bits per heavy atom. The molecule has 0 aliphatic rings. The second-order valence-corrected chi connectivity index (χ2v) is 13.0. The number of amides is 1. The highest BCUT2D eigenvalue weighted by Crippen LogP contribution is 2.34. The average Bonchev–Trinajstić information content (AvgIpc) is 3.60. The maximum Gasteiger partial charge on any atom is 0.226 e. The first-order valence-electron chi connectivity index (χ1n) is 13.6. The molecule has 1 aromatic carbocycles. The van der Waals surface area contributed by atoms with Gasteiger partial charge in [0, 0.05) is 35.7 Å². The number of hydrogen-bond donors (Lipinski definition) is 3. The number of anilines is 1. The topological polar surface area (TPSA) is 159 Å². The Hall–Kier alpha value is -5.11. The smallest absolute Gasteiger partial charge is 0.226 e. The molecule has 3 N–H and O–H groups in total. The van der Waals surface area contributed by atoms with Gasteiger partial charge in [0.2, 0.25) is 5.91 Å². The Bertz CT molecular complexity index is 2180. The molecule has 6 rings (SSSR count). The quantitative estimate of drug-likeness (QED) is 0.213. The summed E-state index contributed by atoms with van der Waals surface area (Å²) in [4.78, 5) is 32.6. The van der Waals surface area contributed by atoms with E-state index >= 15 is 4.39 Å². The fourth-order valence-electron chi connectivity index (χ4n) is 4.79. The van der Waals surface area contributed by atoms with Crippen molar-refractivity contribution in [3.8, 4) is 33.9 Å². The number of pyridine rings is 3. The van der Waals surface area contributed by atoms with Crippen molar-refractivity contribution >= 4 is 43.5 Å². The summed E-state index contributed by atoms with van der Waals surface area (Å²) in [5.41, 5.74) is 3.62. The number of rotatable bonds is 8. The molecule has 0 aliphatic heterocycles. The molecule has 0 unspecified atom stereocenters. The van der Waals surface area contributed by atoms with Crippen LogP contribution in [0.4, 0.5) is 14.5 Å². The van der Waals surface area contributed by atoms with Gasteiger partial charge in [-0.25, -0.2) is 27.2 Å². The van der Waals surface area contributed by atoms with Crippen LogP contribution >= 0.6 is 0 Å². The molecule has 0 spiro atoms. The van der Waals surface area contributed by atoms with Crippen LogP contribution in [0.2, 0.25) is 0 Å². The molecule has 224 valence electrons. The number of benzene rings is 1. The number of fused-ring (bicyclic) bond motifs is 2. The van der Waals surface area contributed by atoms with E-state index in [1.807, 2.05) is 0 Å². The Kier molecular flexibility index (Phi) is 7.37. The lowest BCUT2D eigenvalue weighted by Crippen LogP contribution is -2.17. The van der Waals surface area contributed by atoms with Crippen LogP contribution in [-0.2, 0) is 21.1 Å². The van der Waals surface area contributed by atoms with Crippen molar-refractivity contribution in [2.24, 2.45) is 5.92 Å². The summed E-state index contributed by atoms with van der Waals surface area (Å²) in [6, 6.07) is 7.64. The molecular formula is C30H26F2N8O3S. The summed E-state index contributed by atoms with van der Waals surface area (Å²) < 4.78 is 54.0. The van der Waals surface area contributed by atoms with Gasteiger partial charge in [-0.05, 0) is 41.8 Å². The molecule has 6 aromatic rings. The van der Waals surface area contributed by atoms with Gasteiger partial charge < -0.3 is 10.3 Å². The van der Waals surface area contributed by atoms with E-state index in [1.165, 1.54) is 36.9 Å². The van der Waals surface area contributed by atoms with E-state index in [0.717, 1.165) is 6.26 Å². The monoisotopic (exact) mass is 616 g/mol. The zero-order chi connectivity index (χ0) is 31.2. The number of imidazole rings is 1. The predicted octanol–water partition coefficient (Wildman–Crippen LogP) is 5.09. The minimum Gasteiger partial charge on any atom is -0.335 e. The zero-order valence-electron chi connectivity index (χ0n) is 23.8. The molecular weight excluding hydrogens is 590 g/mol. The molecule has 5 heterocycles. The van der Waals surface area contributed by atoms with Gasteiger partial charge in [0.05, 0.1) is 40.3 Å². The third kappa shape index (κ3) is 5.75. The first-order chi connectivity index (χ1) is 21.0. The van der Waals surface area contributed by atoms with Gasteiger partial charge in [-0.3, -0.25) is 19.9 Å². The third-order valence-corrected chi connectivity index (χ3v) is 7.94. The highest BCUT2D eigenvalue weighted by Gasteiger charge is 2.22. The molecule has 0 fully saturated rings. The van der Waals surface area contributed by atoms with Crippen molar-refractivity contribution < 1.29 is 22.0 Å². The second-order valence-electron chi connectivity index (χ2n) is 10.8. The van der Waals surface area contributed by atoms with Crippen LogP contribution in [0.5, 0.6) is 0 Å². The summed E-state index contributed by atoms with van der Waals surface area (Å²) in [6.07, 6.45) is 7.17. The van der Waals surface area contributed by atoms with E-state index in [4.69, 9.17) is 0 Å². The number of nitrogens with zero attached hydrogens (tertiary/aromatic N) is 5. The van der Waals surface area contributed by atoms with Gasteiger partial charge in [0.25, 0.3) is 0 Å². The molecule has 0 radical (unpaired) electrons. The van der Waals surface area contributed by atoms with Crippen molar-refractivity contribution in [3.63, 3.8) is 0 Å². The predicted molar refractivity (Wildman–Crippen MR) is 162 cm³/mol. The van der Waals surface area contributed by atoms with E-state index in [0.29, 0.717) is 44.6 Å². The van der Waals surface area contributed by atoms with Crippen LogP contribution in [0.1, 0.15) is 19.4 Å². The number of aryl methyl sites for hydroxylation is 1. The Morgan fingerprint density at radius 3 is 2.61 bits per heavy atom. The van der Waals surface area contributed by atoms with E-state index in [-0.39, 0.29) is 46.6 Å². The van der Waals surface area contributed by atoms with Crippen LogP contribution in [0, 0.1) is 17.6 Å². The summed E-state index contributed by atoms with van der Waals surface area (Å²) in [5, 5.41) is 9.96. The third-order valence-electron chi connectivity index (χ3n) is 6.99. The van der Waals surface area contributed by atoms with Crippen LogP contribution in [0.25, 0.3) is 56.0 Å². The Balaban J connectivity index is 1.41. The summed E-state index contributed by atoms with van der Waals surface area (Å²) in [6.45, 7) is 3.52. The fourth-order valence-corrected chi connectivity index (χ4v) is 5.40.